The molecule has 29 heavy (non-hydrogen) atoms. The van der Waals surface area contributed by atoms with Crippen LogP contribution in [0.1, 0.15) is 42.7 Å². The molecule has 2 aromatic rings. The van der Waals surface area contributed by atoms with Crippen LogP contribution in [0.3, 0.4) is 0 Å². The lowest BCUT2D eigenvalue weighted by Gasteiger charge is -2.42. The van der Waals surface area contributed by atoms with Crippen molar-refractivity contribution in [1.82, 2.24) is 5.32 Å². The maximum atomic E-state index is 13.1. The Morgan fingerprint density at radius 3 is 2.41 bits per heavy atom. The predicted octanol–water partition coefficient (Wildman–Crippen LogP) is 4.74. The van der Waals surface area contributed by atoms with Crippen molar-refractivity contribution in [2.45, 2.75) is 43.7 Å². The van der Waals surface area contributed by atoms with Crippen molar-refractivity contribution < 1.29 is 19.1 Å². The molecular weight excluding hydrogens is 366 g/mol. The molecule has 2 aromatic carbocycles. The lowest BCUT2D eigenvalue weighted by atomic mass is 9.69. The van der Waals surface area contributed by atoms with Crippen LogP contribution in [0.4, 0.5) is 4.79 Å². The Hall–Kier alpha value is -3.08. The summed E-state index contributed by atoms with van der Waals surface area (Å²) >= 11 is 0. The van der Waals surface area contributed by atoms with Crippen molar-refractivity contribution in [2.24, 2.45) is 0 Å². The average Bonchev–Trinajstić information content (AvgIpc) is 2.77. The largest absolute Gasteiger partial charge is 0.460 e. The number of alkyl carbamates (subject to hydrolysis) is 1. The van der Waals surface area contributed by atoms with Crippen LogP contribution in [0, 0.1) is 0 Å². The normalized spacial score (nSPS) is 21.0. The van der Waals surface area contributed by atoms with Crippen molar-refractivity contribution in [3.63, 3.8) is 0 Å². The molecule has 1 fully saturated rings. The molecular formula is C24H27NO4. The highest BCUT2D eigenvalue weighted by molar-refractivity contribution is 5.87. The van der Waals surface area contributed by atoms with Crippen LogP contribution in [0.2, 0.25) is 0 Å². The Balaban J connectivity index is 1.83. The van der Waals surface area contributed by atoms with E-state index in [1.54, 1.807) is 0 Å². The zero-order valence-electron chi connectivity index (χ0n) is 16.5. The van der Waals surface area contributed by atoms with Crippen LogP contribution in [0.5, 0.6) is 0 Å². The van der Waals surface area contributed by atoms with Crippen LogP contribution >= 0.6 is 0 Å². The Labute approximate surface area is 171 Å². The summed E-state index contributed by atoms with van der Waals surface area (Å²) in [5.41, 5.74) is 0.733. The summed E-state index contributed by atoms with van der Waals surface area (Å²) in [6.07, 6.45) is 4.00. The third kappa shape index (κ3) is 5.05. The number of nitrogens with one attached hydrogen (secondary N) is 1. The van der Waals surface area contributed by atoms with E-state index < -0.39 is 17.6 Å². The fourth-order valence-electron chi connectivity index (χ4n) is 3.96. The van der Waals surface area contributed by atoms with Gasteiger partial charge in [0, 0.05) is 5.92 Å². The molecule has 152 valence electrons. The molecule has 5 heteroatoms. The average molecular weight is 393 g/mol. The summed E-state index contributed by atoms with van der Waals surface area (Å²) < 4.78 is 10.8. The number of carbonyl (C=O) groups excluding carboxylic acids is 2. The highest BCUT2D eigenvalue weighted by Crippen LogP contribution is 2.42. The van der Waals surface area contributed by atoms with Gasteiger partial charge in [-0.2, -0.15) is 0 Å². The van der Waals surface area contributed by atoms with Crippen molar-refractivity contribution in [3.05, 3.63) is 84.4 Å². The third-order valence-corrected chi connectivity index (χ3v) is 5.35. The molecule has 0 aliphatic heterocycles. The smallest absolute Gasteiger partial charge is 0.408 e. The molecule has 0 unspecified atom stereocenters. The van der Waals surface area contributed by atoms with E-state index in [-0.39, 0.29) is 19.1 Å². The molecule has 0 radical (unpaired) electrons. The SMILES string of the molecule is C=CCOC(=O)[C@]1(NC(=O)OCc2ccccc2)CCCC[C@H]1c1ccccc1. The Kier molecular flexibility index (Phi) is 7.06. The second-order valence-corrected chi connectivity index (χ2v) is 7.25. The van der Waals surface area contributed by atoms with Gasteiger partial charge in [0.25, 0.3) is 0 Å². The van der Waals surface area contributed by atoms with Gasteiger partial charge >= 0.3 is 12.1 Å². The molecule has 1 saturated carbocycles. The highest BCUT2D eigenvalue weighted by Gasteiger charge is 2.50. The van der Waals surface area contributed by atoms with E-state index in [4.69, 9.17) is 9.47 Å². The first-order chi connectivity index (χ1) is 14.2. The fraction of sp³-hybridized carbons (Fsp3) is 0.333. The minimum absolute atomic E-state index is 0.100. The highest BCUT2D eigenvalue weighted by atomic mass is 16.6. The number of hydrogen-bond acceptors (Lipinski definition) is 4. The monoisotopic (exact) mass is 393 g/mol. The summed E-state index contributed by atoms with van der Waals surface area (Å²) in [6.45, 7) is 3.85. The molecule has 5 nitrogen and oxygen atoms in total. The van der Waals surface area contributed by atoms with Crippen molar-refractivity contribution in [3.8, 4) is 0 Å². The van der Waals surface area contributed by atoms with Gasteiger partial charge < -0.3 is 14.8 Å². The van der Waals surface area contributed by atoms with Gasteiger partial charge in [0.2, 0.25) is 0 Å². The Morgan fingerprint density at radius 2 is 1.72 bits per heavy atom. The number of benzene rings is 2. The van der Waals surface area contributed by atoms with Gasteiger partial charge in [0.05, 0.1) is 0 Å². The third-order valence-electron chi connectivity index (χ3n) is 5.35. The summed E-state index contributed by atoms with van der Waals surface area (Å²) in [6, 6.07) is 19.2. The van der Waals surface area contributed by atoms with E-state index >= 15 is 0 Å². The molecule has 2 atom stereocenters. The minimum Gasteiger partial charge on any atom is -0.460 e. The van der Waals surface area contributed by atoms with Crippen molar-refractivity contribution in [1.29, 1.82) is 0 Å². The maximum absolute atomic E-state index is 13.1. The molecule has 0 saturated heterocycles. The first-order valence-corrected chi connectivity index (χ1v) is 9.97. The van der Waals surface area contributed by atoms with Gasteiger partial charge in [-0.1, -0.05) is 86.2 Å². The predicted molar refractivity (Wildman–Crippen MR) is 111 cm³/mol. The van der Waals surface area contributed by atoms with Crippen molar-refractivity contribution >= 4 is 12.1 Å². The molecule has 0 aromatic heterocycles. The molecule has 1 amide bonds. The van der Waals surface area contributed by atoms with E-state index in [0.29, 0.717) is 6.42 Å². The number of ether oxygens (including phenoxy) is 2. The van der Waals surface area contributed by atoms with E-state index in [2.05, 4.69) is 11.9 Å². The Morgan fingerprint density at radius 1 is 1.03 bits per heavy atom. The van der Waals surface area contributed by atoms with E-state index in [9.17, 15) is 9.59 Å². The van der Waals surface area contributed by atoms with Crippen LogP contribution in [-0.2, 0) is 20.9 Å². The number of carbonyl (C=O) groups is 2. The first-order valence-electron chi connectivity index (χ1n) is 9.97. The lowest BCUT2D eigenvalue weighted by molar-refractivity contribution is -0.152. The molecule has 1 aliphatic rings. The zero-order valence-corrected chi connectivity index (χ0v) is 16.5. The van der Waals surface area contributed by atoms with Crippen LogP contribution < -0.4 is 5.32 Å². The van der Waals surface area contributed by atoms with Crippen LogP contribution in [0.25, 0.3) is 0 Å². The van der Waals surface area contributed by atoms with Gasteiger partial charge in [0.15, 0.2) is 0 Å². The molecule has 1 aliphatic carbocycles. The molecule has 0 heterocycles. The lowest BCUT2D eigenvalue weighted by Crippen LogP contribution is -2.60. The maximum Gasteiger partial charge on any atom is 0.408 e. The van der Waals surface area contributed by atoms with Gasteiger partial charge in [-0.15, -0.1) is 0 Å². The summed E-state index contributed by atoms with van der Waals surface area (Å²) in [4.78, 5) is 25.8. The number of esters is 1. The zero-order chi connectivity index (χ0) is 20.5. The molecule has 3 rings (SSSR count). The first kappa shape index (κ1) is 20.6. The van der Waals surface area contributed by atoms with Crippen molar-refractivity contribution in [2.75, 3.05) is 6.61 Å². The Bertz CT molecular complexity index is 821. The summed E-state index contributed by atoms with van der Waals surface area (Å²) in [5, 5.41) is 2.89. The van der Waals surface area contributed by atoms with Gasteiger partial charge in [-0.25, -0.2) is 9.59 Å². The van der Waals surface area contributed by atoms with E-state index in [0.717, 1.165) is 30.4 Å². The topological polar surface area (TPSA) is 64.6 Å². The van der Waals surface area contributed by atoms with Gasteiger partial charge in [-0.05, 0) is 24.0 Å². The number of rotatable bonds is 7. The fourth-order valence-corrected chi connectivity index (χ4v) is 3.96. The minimum atomic E-state index is -1.16. The van der Waals surface area contributed by atoms with Crippen LogP contribution in [0.15, 0.2) is 73.3 Å². The second-order valence-electron chi connectivity index (χ2n) is 7.25. The molecule has 0 spiro atoms. The summed E-state index contributed by atoms with van der Waals surface area (Å²) in [7, 11) is 0. The molecule has 1 N–H and O–H groups in total. The standard InChI is InChI=1S/C24H27NO4/c1-2-17-28-22(26)24(25-23(27)29-18-19-11-5-3-6-12-19)16-10-9-15-21(24)20-13-7-4-8-14-20/h2-8,11-14,21H,1,9-10,15-18H2,(H,25,27)/t21-,24-/m0/s1. The quantitative estimate of drug-likeness (QED) is 0.545. The summed E-state index contributed by atoms with van der Waals surface area (Å²) in [5.74, 6) is -0.623. The number of amides is 1. The number of hydrogen-bond donors (Lipinski definition) is 1. The molecule has 0 bridgehead atoms. The van der Waals surface area contributed by atoms with E-state index in [1.165, 1.54) is 6.08 Å². The second kappa shape index (κ2) is 9.92. The van der Waals surface area contributed by atoms with E-state index in [1.807, 2.05) is 60.7 Å². The van der Waals surface area contributed by atoms with Crippen LogP contribution in [-0.4, -0.2) is 24.2 Å². The van der Waals surface area contributed by atoms with Gasteiger partial charge in [-0.3, -0.25) is 0 Å². The van der Waals surface area contributed by atoms with Gasteiger partial charge in [0.1, 0.15) is 18.8 Å².